The van der Waals surface area contributed by atoms with Gasteiger partial charge in [0.15, 0.2) is 11.7 Å². The maximum atomic E-state index is 10.9. The Balaban J connectivity index is 0.000000771. The Kier molecular flexibility index (Phi) is 6.36. The van der Waals surface area contributed by atoms with E-state index < -0.39 is 0 Å². The zero-order valence-electron chi connectivity index (χ0n) is 11.4. The molecular formula is C14H20NOS2+. The summed E-state index contributed by atoms with van der Waals surface area (Å²) in [4.78, 5) is 10.9. The van der Waals surface area contributed by atoms with Crippen molar-refractivity contribution in [3.63, 3.8) is 0 Å². The second kappa shape index (κ2) is 7.54. The first-order valence-electron chi connectivity index (χ1n) is 6.20. The minimum absolute atomic E-state index is 0.192. The van der Waals surface area contributed by atoms with Gasteiger partial charge >= 0.3 is 0 Å². The number of aromatic nitrogens is 1. The number of para-hydroxylation sites is 1. The van der Waals surface area contributed by atoms with E-state index in [9.17, 15) is 4.79 Å². The summed E-state index contributed by atoms with van der Waals surface area (Å²) in [7, 11) is 0. The molecule has 98 valence electrons. The van der Waals surface area contributed by atoms with Crippen LogP contribution in [0.5, 0.6) is 0 Å². The van der Waals surface area contributed by atoms with Gasteiger partial charge in [-0.3, -0.25) is 4.79 Å². The van der Waals surface area contributed by atoms with E-state index in [0.29, 0.717) is 0 Å². The van der Waals surface area contributed by atoms with Crippen LogP contribution in [0.1, 0.15) is 25.8 Å². The molecule has 2 aromatic rings. The molecule has 0 radical (unpaired) electrons. The number of thiazole rings is 1. The normalized spacial score (nSPS) is 10.0. The zero-order valence-corrected chi connectivity index (χ0v) is 13.0. The Hall–Kier alpha value is -0.870. The molecule has 1 aromatic carbocycles. The summed E-state index contributed by atoms with van der Waals surface area (Å²) >= 11 is 3.20. The Morgan fingerprint density at radius 1 is 1.33 bits per heavy atom. The van der Waals surface area contributed by atoms with Crippen molar-refractivity contribution in [3.05, 3.63) is 29.3 Å². The van der Waals surface area contributed by atoms with Crippen molar-refractivity contribution in [2.24, 2.45) is 0 Å². The van der Waals surface area contributed by atoms with E-state index in [4.69, 9.17) is 0 Å². The maximum absolute atomic E-state index is 10.9. The van der Waals surface area contributed by atoms with E-state index in [2.05, 4.69) is 35.8 Å². The highest BCUT2D eigenvalue weighted by Crippen LogP contribution is 2.19. The SMILES string of the molecule is CC.CC(=O)SCC[n+]1c(C)sc2ccccc21. The van der Waals surface area contributed by atoms with Gasteiger partial charge in [0.25, 0.3) is 0 Å². The summed E-state index contributed by atoms with van der Waals surface area (Å²) in [5.74, 6) is 0.849. The van der Waals surface area contributed by atoms with E-state index >= 15 is 0 Å². The fourth-order valence-electron chi connectivity index (χ4n) is 1.71. The lowest BCUT2D eigenvalue weighted by Gasteiger charge is -1.95. The molecule has 1 heterocycles. The molecule has 0 N–H and O–H groups in total. The number of carbonyl (C=O) groups is 1. The fraction of sp³-hybridized carbons (Fsp3) is 0.429. The smallest absolute Gasteiger partial charge is 0.235 e. The van der Waals surface area contributed by atoms with Gasteiger partial charge in [-0.15, -0.1) is 0 Å². The lowest BCUT2D eigenvalue weighted by Crippen LogP contribution is -2.36. The Morgan fingerprint density at radius 3 is 2.67 bits per heavy atom. The molecular weight excluding hydrogens is 262 g/mol. The highest BCUT2D eigenvalue weighted by atomic mass is 32.2. The van der Waals surface area contributed by atoms with Crippen molar-refractivity contribution in [3.8, 4) is 0 Å². The average molecular weight is 282 g/mol. The molecule has 0 aliphatic heterocycles. The number of hydrogen-bond donors (Lipinski definition) is 0. The van der Waals surface area contributed by atoms with Crippen LogP contribution in [0, 0.1) is 6.92 Å². The summed E-state index contributed by atoms with van der Waals surface area (Å²) in [5.41, 5.74) is 1.27. The number of fused-ring (bicyclic) bond motifs is 1. The van der Waals surface area contributed by atoms with Gasteiger partial charge in [-0.05, 0) is 6.07 Å². The average Bonchev–Trinajstić information content (AvgIpc) is 2.68. The van der Waals surface area contributed by atoms with Gasteiger partial charge in [0.2, 0.25) is 10.5 Å². The summed E-state index contributed by atoms with van der Waals surface area (Å²) < 4.78 is 3.60. The lowest BCUT2D eigenvalue weighted by molar-refractivity contribution is -0.668. The Bertz CT molecular complexity index is 519. The minimum atomic E-state index is 0.192. The molecule has 4 heteroatoms. The van der Waals surface area contributed by atoms with Crippen molar-refractivity contribution in [2.45, 2.75) is 34.2 Å². The van der Waals surface area contributed by atoms with Crippen LogP contribution in [0.4, 0.5) is 0 Å². The van der Waals surface area contributed by atoms with Crippen molar-refractivity contribution >= 4 is 38.4 Å². The van der Waals surface area contributed by atoms with Crippen LogP contribution in [0.2, 0.25) is 0 Å². The molecule has 2 rings (SSSR count). The fourth-order valence-corrected chi connectivity index (χ4v) is 3.32. The quantitative estimate of drug-likeness (QED) is 0.798. The van der Waals surface area contributed by atoms with Gasteiger partial charge in [0, 0.05) is 19.9 Å². The summed E-state index contributed by atoms with van der Waals surface area (Å²) in [6.07, 6.45) is 0. The highest BCUT2D eigenvalue weighted by Gasteiger charge is 2.15. The molecule has 1 aromatic heterocycles. The number of carbonyl (C=O) groups excluding carboxylic acids is 1. The van der Waals surface area contributed by atoms with Gasteiger partial charge in [0.05, 0.1) is 5.75 Å². The standard InChI is InChI=1S/C12H14NOS2.C2H6/c1-9-13(7-8-15-10(2)14)11-5-3-4-6-12(11)16-9;1-2/h3-6H,7-8H2,1-2H3;1-2H3/q+1;. The van der Waals surface area contributed by atoms with Crippen LogP contribution in [0.3, 0.4) is 0 Å². The number of rotatable bonds is 3. The number of aryl methyl sites for hydroxylation is 2. The third kappa shape index (κ3) is 3.82. The molecule has 18 heavy (non-hydrogen) atoms. The van der Waals surface area contributed by atoms with Gasteiger partial charge < -0.3 is 0 Å². The van der Waals surface area contributed by atoms with Crippen LogP contribution in [0.25, 0.3) is 10.2 Å². The van der Waals surface area contributed by atoms with Crippen LogP contribution in [-0.2, 0) is 11.3 Å². The largest absolute Gasteiger partial charge is 0.288 e. The van der Waals surface area contributed by atoms with E-state index in [1.807, 2.05) is 13.8 Å². The minimum Gasteiger partial charge on any atom is -0.288 e. The molecule has 0 saturated heterocycles. The maximum Gasteiger partial charge on any atom is 0.235 e. The van der Waals surface area contributed by atoms with Gasteiger partial charge in [-0.25, -0.2) is 0 Å². The monoisotopic (exact) mass is 282 g/mol. The zero-order chi connectivity index (χ0) is 13.5. The van der Waals surface area contributed by atoms with Crippen LogP contribution in [-0.4, -0.2) is 10.9 Å². The van der Waals surface area contributed by atoms with E-state index in [-0.39, 0.29) is 5.12 Å². The van der Waals surface area contributed by atoms with Crippen LogP contribution >= 0.6 is 23.1 Å². The second-order valence-corrected chi connectivity index (χ2v) is 6.09. The predicted molar refractivity (Wildman–Crippen MR) is 81.2 cm³/mol. The first-order chi connectivity index (χ1) is 8.68. The van der Waals surface area contributed by atoms with Crippen molar-refractivity contribution in [2.75, 3.05) is 5.75 Å². The molecule has 0 unspecified atom stereocenters. The van der Waals surface area contributed by atoms with E-state index in [1.54, 1.807) is 18.3 Å². The predicted octanol–water partition coefficient (Wildman–Crippen LogP) is 3.80. The van der Waals surface area contributed by atoms with Gasteiger partial charge in [0.1, 0.15) is 4.70 Å². The number of nitrogens with zero attached hydrogens (tertiary/aromatic N) is 1. The molecule has 0 spiro atoms. The molecule has 0 amide bonds. The molecule has 0 aliphatic rings. The number of thioether (sulfide) groups is 1. The Labute approximate surface area is 117 Å². The van der Waals surface area contributed by atoms with E-state index in [0.717, 1.165) is 12.3 Å². The topological polar surface area (TPSA) is 20.9 Å². The van der Waals surface area contributed by atoms with Gasteiger partial charge in [-0.2, -0.15) is 4.57 Å². The molecule has 0 atom stereocenters. The molecule has 0 saturated carbocycles. The van der Waals surface area contributed by atoms with Crippen molar-refractivity contribution in [1.29, 1.82) is 0 Å². The lowest BCUT2D eigenvalue weighted by atomic mass is 10.3. The van der Waals surface area contributed by atoms with Crippen LogP contribution < -0.4 is 4.57 Å². The van der Waals surface area contributed by atoms with E-state index in [1.165, 1.54) is 27.0 Å². The second-order valence-electron chi connectivity index (χ2n) is 3.58. The van der Waals surface area contributed by atoms with Crippen LogP contribution in [0.15, 0.2) is 24.3 Å². The third-order valence-electron chi connectivity index (χ3n) is 2.41. The summed E-state index contributed by atoms with van der Waals surface area (Å²) in [6, 6.07) is 8.40. The molecule has 2 nitrogen and oxygen atoms in total. The summed E-state index contributed by atoms with van der Waals surface area (Å²) in [5, 5.41) is 1.49. The third-order valence-corrected chi connectivity index (χ3v) is 4.29. The summed E-state index contributed by atoms with van der Waals surface area (Å²) in [6.45, 7) is 8.65. The molecule has 0 bridgehead atoms. The van der Waals surface area contributed by atoms with Crippen molar-refractivity contribution < 1.29 is 9.36 Å². The Morgan fingerprint density at radius 2 is 2.00 bits per heavy atom. The number of hydrogen-bond acceptors (Lipinski definition) is 3. The number of benzene rings is 1. The molecule has 0 aliphatic carbocycles. The molecule has 0 fully saturated rings. The first kappa shape index (κ1) is 15.2. The first-order valence-corrected chi connectivity index (χ1v) is 8.00. The van der Waals surface area contributed by atoms with Crippen molar-refractivity contribution in [1.82, 2.24) is 0 Å². The van der Waals surface area contributed by atoms with Gasteiger partial charge in [-0.1, -0.05) is 49.1 Å². The highest BCUT2D eigenvalue weighted by molar-refractivity contribution is 8.13.